The highest BCUT2D eigenvalue weighted by Gasteiger charge is 2.12. The molecule has 7 heterocycles. The zero-order chi connectivity index (χ0) is 45.6. The molecule has 0 saturated heterocycles. The van der Waals surface area contributed by atoms with E-state index in [9.17, 15) is 0 Å². The first kappa shape index (κ1) is 47.5. The Hall–Kier alpha value is -5.96. The molecule has 0 aromatic heterocycles. The number of ether oxygens (including phenoxy) is 4. The molecule has 0 fully saturated rings. The van der Waals surface area contributed by atoms with E-state index in [1.165, 1.54) is 105 Å². The second kappa shape index (κ2) is 26.4. The Morgan fingerprint density at radius 3 is 1.33 bits per heavy atom. The number of hydrogen-bond donors (Lipinski definition) is 2. The van der Waals surface area contributed by atoms with Gasteiger partial charge in [-0.2, -0.15) is 0 Å². The number of rotatable bonds is 0. The van der Waals surface area contributed by atoms with E-state index in [0.29, 0.717) is 13.2 Å². The van der Waals surface area contributed by atoms with Gasteiger partial charge in [-0.25, -0.2) is 0 Å². The first-order valence-corrected chi connectivity index (χ1v) is 26.0. The van der Waals surface area contributed by atoms with Crippen LogP contribution in [0, 0.1) is 0 Å². The monoisotopic (exact) mass is 928 g/mol. The van der Waals surface area contributed by atoms with Crippen molar-refractivity contribution in [3.63, 3.8) is 0 Å². The predicted molar refractivity (Wildman–Crippen MR) is 282 cm³/mol. The third-order valence-corrected chi connectivity index (χ3v) is 14.3. The van der Waals surface area contributed by atoms with Crippen molar-refractivity contribution in [3.8, 4) is 23.0 Å². The van der Waals surface area contributed by atoms with Crippen molar-refractivity contribution in [2.24, 2.45) is 0 Å². The van der Waals surface area contributed by atoms with Gasteiger partial charge in [0.05, 0.1) is 13.2 Å². The number of thioether (sulfide) groups is 2. The lowest BCUT2D eigenvalue weighted by atomic mass is 10.0. The molecule has 0 spiro atoms. The zero-order valence-corrected chi connectivity index (χ0v) is 40.3. The highest BCUT2D eigenvalue weighted by atomic mass is 32.2. The van der Waals surface area contributed by atoms with Gasteiger partial charge in [-0.1, -0.05) is 121 Å². The fourth-order valence-corrected chi connectivity index (χ4v) is 10.6. The molecule has 8 heteroatoms. The third kappa shape index (κ3) is 14.8. The average Bonchev–Trinajstić information content (AvgIpc) is 4.23. The Bertz CT molecular complexity index is 2090. The molecule has 7 aliphatic rings. The molecule has 0 atom stereocenters. The number of para-hydroxylation sites is 6. The summed E-state index contributed by atoms with van der Waals surface area (Å²) in [5.74, 6) is 6.44. The highest BCUT2D eigenvalue weighted by Crippen LogP contribution is 2.31. The van der Waals surface area contributed by atoms with Crippen LogP contribution in [0.5, 0.6) is 23.0 Å². The fourth-order valence-electron chi connectivity index (χ4n) is 8.48. The van der Waals surface area contributed by atoms with E-state index in [0.717, 1.165) is 62.1 Å². The van der Waals surface area contributed by atoms with Crippen LogP contribution in [0.1, 0.15) is 52.6 Å². The SMILES string of the molecule is c1ccc2c(c1)CCCN2.c1ccc2c(c1)CCCO2.c1ccc2c(c1)CCCS2.c1ccc2c(c1)CCN2.c1ccc2c(c1)CCO2.c1ccc2c(c1)CCS2.c1ccc2c(c1)OCCO2. The molecule has 0 saturated carbocycles. The van der Waals surface area contributed by atoms with Crippen molar-refractivity contribution in [2.45, 2.75) is 67.6 Å². The summed E-state index contributed by atoms with van der Waals surface area (Å²) >= 11 is 3.96. The summed E-state index contributed by atoms with van der Waals surface area (Å²) in [7, 11) is 0. The minimum absolute atomic E-state index is 0.664. The van der Waals surface area contributed by atoms with Crippen LogP contribution in [0.15, 0.2) is 180 Å². The van der Waals surface area contributed by atoms with Crippen LogP contribution < -0.4 is 29.6 Å². The van der Waals surface area contributed by atoms with Crippen LogP contribution in [0.4, 0.5) is 11.4 Å². The molecule has 0 radical (unpaired) electrons. The lowest BCUT2D eigenvalue weighted by Gasteiger charge is -2.17. The first-order valence-electron chi connectivity index (χ1n) is 24.1. The third-order valence-electron chi connectivity index (χ3n) is 12.0. The van der Waals surface area contributed by atoms with Crippen molar-refractivity contribution in [3.05, 3.63) is 203 Å². The molecule has 0 aliphatic carbocycles. The summed E-state index contributed by atoms with van der Waals surface area (Å²) in [4.78, 5) is 2.98. The Morgan fingerprint density at radius 1 is 0.299 bits per heavy atom. The van der Waals surface area contributed by atoms with Gasteiger partial charge in [-0.15, -0.1) is 23.5 Å². The number of nitrogens with one attached hydrogen (secondary N) is 2. The summed E-state index contributed by atoms with van der Waals surface area (Å²) in [6, 6.07) is 58.5. The van der Waals surface area contributed by atoms with Crippen molar-refractivity contribution in [1.82, 2.24) is 0 Å². The van der Waals surface area contributed by atoms with Gasteiger partial charge in [-0.05, 0) is 139 Å². The molecule has 2 N–H and O–H groups in total. The van der Waals surface area contributed by atoms with Crippen LogP contribution >= 0.6 is 23.5 Å². The molecule has 0 amide bonds. The van der Waals surface area contributed by atoms with Crippen LogP contribution in [-0.4, -0.2) is 51.0 Å². The molecular weight excluding hydrogens is 865 g/mol. The van der Waals surface area contributed by atoms with Gasteiger partial charge in [0.25, 0.3) is 0 Å². The lowest BCUT2D eigenvalue weighted by Crippen LogP contribution is -2.14. The second-order valence-electron chi connectivity index (χ2n) is 16.7. The van der Waals surface area contributed by atoms with Crippen molar-refractivity contribution in [2.75, 3.05) is 61.7 Å². The van der Waals surface area contributed by atoms with Crippen molar-refractivity contribution < 1.29 is 18.9 Å². The minimum Gasteiger partial charge on any atom is -0.493 e. The Balaban J connectivity index is 0.000000106. The molecular formula is C59H64N2O4S2. The van der Waals surface area contributed by atoms with E-state index in [2.05, 4.69) is 126 Å². The molecule has 0 bridgehead atoms. The van der Waals surface area contributed by atoms with Crippen LogP contribution in [0.3, 0.4) is 0 Å². The smallest absolute Gasteiger partial charge is 0.161 e. The maximum Gasteiger partial charge on any atom is 0.161 e. The number of anilines is 2. The van der Waals surface area contributed by atoms with E-state index in [1.54, 1.807) is 5.56 Å². The van der Waals surface area contributed by atoms with Crippen LogP contribution in [0.2, 0.25) is 0 Å². The molecule has 0 unspecified atom stereocenters. The number of benzene rings is 7. The number of fused-ring (bicyclic) bond motifs is 7. The van der Waals surface area contributed by atoms with E-state index in [4.69, 9.17) is 18.9 Å². The van der Waals surface area contributed by atoms with Crippen LogP contribution in [-0.2, 0) is 38.5 Å². The second-order valence-corrected chi connectivity index (χ2v) is 19.0. The van der Waals surface area contributed by atoms with E-state index in [-0.39, 0.29) is 0 Å². The molecule has 6 nitrogen and oxygen atoms in total. The van der Waals surface area contributed by atoms with E-state index >= 15 is 0 Å². The molecule has 67 heavy (non-hydrogen) atoms. The first-order chi connectivity index (χ1) is 33.3. The van der Waals surface area contributed by atoms with Gasteiger partial charge >= 0.3 is 0 Å². The maximum absolute atomic E-state index is 5.42. The van der Waals surface area contributed by atoms with Crippen molar-refractivity contribution >= 4 is 34.9 Å². The molecule has 7 aromatic carbocycles. The molecule has 7 aliphatic heterocycles. The summed E-state index contributed by atoms with van der Waals surface area (Å²) < 4.78 is 21.3. The average molecular weight is 929 g/mol. The van der Waals surface area contributed by atoms with Gasteiger partial charge in [0.2, 0.25) is 0 Å². The Labute approximate surface area is 407 Å². The quantitative estimate of drug-likeness (QED) is 0.156. The minimum atomic E-state index is 0.664. The van der Waals surface area contributed by atoms with Gasteiger partial charge in [0.15, 0.2) is 11.5 Å². The van der Waals surface area contributed by atoms with Gasteiger partial charge < -0.3 is 29.6 Å². The van der Waals surface area contributed by atoms with Crippen molar-refractivity contribution in [1.29, 1.82) is 0 Å². The van der Waals surface area contributed by atoms with E-state index in [1.807, 2.05) is 78.1 Å². The molecule has 346 valence electrons. The summed E-state index contributed by atoms with van der Waals surface area (Å²) in [5, 5.41) is 6.66. The topological polar surface area (TPSA) is 61.0 Å². The molecule has 14 rings (SSSR count). The Kier molecular flexibility index (Phi) is 18.7. The van der Waals surface area contributed by atoms with Gasteiger partial charge in [0, 0.05) is 46.4 Å². The number of aryl methyl sites for hydroxylation is 4. The normalized spacial score (nSPS) is 15.3. The summed E-state index contributed by atoms with van der Waals surface area (Å²) in [5.41, 5.74) is 11.3. The van der Waals surface area contributed by atoms with E-state index < -0.39 is 0 Å². The maximum atomic E-state index is 5.42. The van der Waals surface area contributed by atoms with Crippen LogP contribution in [0.25, 0.3) is 0 Å². The summed E-state index contributed by atoms with van der Waals surface area (Å²) in [6.07, 6.45) is 11.0. The Morgan fingerprint density at radius 2 is 0.731 bits per heavy atom. The predicted octanol–water partition coefficient (Wildman–Crippen LogP) is 13.8. The standard InChI is InChI=1S/C9H11N.C9H10O.C9H10S.C8H9N.C8H8O2.C8H8O.C8H8S/c3*1-2-6-9-8(4-1)5-3-7-10-9;1-2-4-8-7(3-1)5-6-9-8;1-2-4-8-7(3-1)9-5-6-10-8;2*1-2-4-8-7(3-1)5-6-9-8/h1-2,4,6,10H,3,5,7H2;2*1-2,4,6H,3,5,7H2;1-4,9H,5-6H2;1-4H,5-6H2;2*1-4H,5-6H2. The highest BCUT2D eigenvalue weighted by molar-refractivity contribution is 7.99. The largest absolute Gasteiger partial charge is 0.493 e. The number of hydrogen-bond acceptors (Lipinski definition) is 8. The summed E-state index contributed by atoms with van der Waals surface area (Å²) in [6.45, 7) is 5.32. The van der Waals surface area contributed by atoms with Gasteiger partial charge in [-0.3, -0.25) is 0 Å². The molecule has 7 aromatic rings. The van der Waals surface area contributed by atoms with Gasteiger partial charge in [0.1, 0.15) is 24.7 Å². The zero-order valence-electron chi connectivity index (χ0n) is 38.6. The lowest BCUT2D eigenvalue weighted by molar-refractivity contribution is 0.171. The fraction of sp³-hybridized carbons (Fsp3) is 0.288.